The van der Waals surface area contributed by atoms with Crippen LogP contribution in [-0.2, 0) is 7.05 Å². The first-order valence-electron chi connectivity index (χ1n) is 15.2. The van der Waals surface area contributed by atoms with Crippen molar-refractivity contribution in [2.24, 2.45) is 7.05 Å². The topological polar surface area (TPSA) is 79.3 Å². The van der Waals surface area contributed by atoms with E-state index in [1.165, 1.54) is 23.8 Å². The van der Waals surface area contributed by atoms with Crippen LogP contribution in [0.1, 0.15) is 78.3 Å². The van der Waals surface area contributed by atoms with Crippen LogP contribution in [0, 0.1) is 11.8 Å². The Morgan fingerprint density at radius 3 is 2.30 bits per heavy atom. The molecule has 1 fully saturated rings. The SMILES string of the molecule is CC(C)c1cccc(C(C)C)c1NC(=O)Nc1c(-c2cccc(C#CCN3CCCCC3)c2)c2cccnc2n(C)c1=O.[HH].[HH]. The van der Waals surface area contributed by atoms with Crippen LogP contribution in [0.15, 0.2) is 65.6 Å². The van der Waals surface area contributed by atoms with Crippen LogP contribution in [0.5, 0.6) is 0 Å². The highest BCUT2D eigenvalue weighted by molar-refractivity contribution is 6.07. The van der Waals surface area contributed by atoms with Crippen LogP contribution in [0.3, 0.4) is 0 Å². The van der Waals surface area contributed by atoms with E-state index in [-0.39, 0.29) is 25.9 Å². The van der Waals surface area contributed by atoms with Crippen molar-refractivity contribution in [3.05, 3.63) is 87.8 Å². The van der Waals surface area contributed by atoms with E-state index < -0.39 is 6.03 Å². The van der Waals surface area contributed by atoms with E-state index in [1.54, 1.807) is 13.2 Å². The highest BCUT2D eigenvalue weighted by Crippen LogP contribution is 2.35. The molecule has 43 heavy (non-hydrogen) atoms. The standard InChI is InChI=1S/C36H41N5O2.2H2/c1-24(2)28-16-10-17-29(25(3)4)32(28)38-36(43)39-33-31(30-18-11-19-37-34(30)40(5)35(33)42)27-15-9-13-26(23-27)14-12-22-41-20-7-6-8-21-41;;/h9-11,13,15-19,23-25H,6-8,20-22H2,1-5H3,(H2,38,39,43);2*1H. The molecule has 2 aromatic carbocycles. The molecular formula is C36H45N5O2. The van der Waals surface area contributed by atoms with Crippen molar-refractivity contribution in [2.75, 3.05) is 30.3 Å². The Hall–Kier alpha value is -4.41. The number of pyridine rings is 2. The Morgan fingerprint density at radius 2 is 1.60 bits per heavy atom. The minimum atomic E-state index is -0.464. The minimum absolute atomic E-state index is 0. The number of benzene rings is 2. The number of hydrogen-bond acceptors (Lipinski definition) is 4. The fraction of sp³-hybridized carbons (Fsp3) is 0.361. The van der Waals surface area contributed by atoms with Crippen molar-refractivity contribution < 1.29 is 7.65 Å². The molecule has 2 amide bonds. The van der Waals surface area contributed by atoms with E-state index in [0.717, 1.165) is 53.0 Å². The molecule has 0 radical (unpaired) electrons. The van der Waals surface area contributed by atoms with Crippen molar-refractivity contribution in [3.8, 4) is 23.0 Å². The zero-order valence-electron chi connectivity index (χ0n) is 25.8. The Balaban J connectivity index is 0.00000276. The van der Waals surface area contributed by atoms with Crippen LogP contribution in [0.25, 0.3) is 22.2 Å². The van der Waals surface area contributed by atoms with E-state index in [9.17, 15) is 9.59 Å². The summed E-state index contributed by atoms with van der Waals surface area (Å²) in [6.07, 6.45) is 5.42. The molecule has 5 rings (SSSR count). The normalized spacial score (nSPS) is 13.7. The second kappa shape index (κ2) is 13.3. The molecule has 0 bridgehead atoms. The number of hydrogen-bond donors (Lipinski definition) is 2. The van der Waals surface area contributed by atoms with E-state index in [0.29, 0.717) is 11.2 Å². The zero-order valence-corrected chi connectivity index (χ0v) is 25.8. The molecule has 1 saturated heterocycles. The predicted octanol–water partition coefficient (Wildman–Crippen LogP) is 7.82. The van der Waals surface area contributed by atoms with E-state index in [1.807, 2.05) is 54.6 Å². The van der Waals surface area contributed by atoms with Crippen molar-refractivity contribution in [3.63, 3.8) is 0 Å². The van der Waals surface area contributed by atoms with Gasteiger partial charge in [-0.3, -0.25) is 14.3 Å². The van der Waals surface area contributed by atoms with Gasteiger partial charge in [-0.25, -0.2) is 9.78 Å². The number of piperidine rings is 1. The van der Waals surface area contributed by atoms with Gasteiger partial charge in [0.15, 0.2) is 0 Å². The maximum atomic E-state index is 13.8. The molecule has 3 heterocycles. The molecule has 0 saturated carbocycles. The van der Waals surface area contributed by atoms with Crippen LogP contribution in [0.4, 0.5) is 16.2 Å². The summed E-state index contributed by atoms with van der Waals surface area (Å²) in [7, 11) is 1.68. The summed E-state index contributed by atoms with van der Waals surface area (Å²) in [5.74, 6) is 7.06. The number of aryl methyl sites for hydroxylation is 1. The Bertz CT molecular complexity index is 1740. The van der Waals surface area contributed by atoms with Crippen molar-refractivity contribution in [2.45, 2.75) is 58.8 Å². The molecule has 7 heteroatoms. The Kier molecular flexibility index (Phi) is 9.27. The number of amides is 2. The maximum absolute atomic E-state index is 13.8. The van der Waals surface area contributed by atoms with Crippen LogP contribution in [-0.4, -0.2) is 40.1 Å². The molecule has 226 valence electrons. The molecule has 0 unspecified atom stereocenters. The first kappa shape index (κ1) is 30.1. The Morgan fingerprint density at radius 1 is 0.930 bits per heavy atom. The summed E-state index contributed by atoms with van der Waals surface area (Å²) in [6, 6.07) is 17.3. The third-order valence-corrected chi connectivity index (χ3v) is 8.13. The number of carbonyl (C=O) groups is 1. The van der Waals surface area contributed by atoms with Gasteiger partial charge >= 0.3 is 6.03 Å². The third-order valence-electron chi connectivity index (χ3n) is 8.13. The zero-order chi connectivity index (χ0) is 30.5. The number of rotatable bonds is 6. The first-order valence-corrected chi connectivity index (χ1v) is 15.2. The van der Waals surface area contributed by atoms with Crippen molar-refractivity contribution >= 4 is 28.4 Å². The summed E-state index contributed by atoms with van der Waals surface area (Å²) in [5, 5.41) is 6.80. The van der Waals surface area contributed by atoms with Crippen LogP contribution in [0.2, 0.25) is 0 Å². The number of aromatic nitrogens is 2. The highest BCUT2D eigenvalue weighted by atomic mass is 16.2. The molecule has 7 nitrogen and oxygen atoms in total. The molecular weight excluding hydrogens is 534 g/mol. The van der Waals surface area contributed by atoms with Gasteiger partial charge in [0.2, 0.25) is 0 Å². The molecule has 4 aromatic rings. The van der Waals surface area contributed by atoms with Gasteiger partial charge in [-0.05, 0) is 78.7 Å². The third kappa shape index (κ3) is 6.65. The fourth-order valence-corrected chi connectivity index (χ4v) is 5.86. The van der Waals surface area contributed by atoms with Crippen molar-refractivity contribution in [1.29, 1.82) is 0 Å². The van der Waals surface area contributed by atoms with Gasteiger partial charge in [-0.2, -0.15) is 0 Å². The van der Waals surface area contributed by atoms with Gasteiger partial charge in [0.25, 0.3) is 5.56 Å². The molecule has 1 aliphatic heterocycles. The average molecular weight is 580 g/mol. The molecule has 2 aromatic heterocycles. The lowest BCUT2D eigenvalue weighted by atomic mass is 9.93. The molecule has 0 atom stereocenters. The lowest BCUT2D eigenvalue weighted by Crippen LogP contribution is -2.29. The molecule has 1 aliphatic rings. The lowest BCUT2D eigenvalue weighted by Gasteiger charge is -2.23. The first-order chi connectivity index (χ1) is 20.7. The van der Waals surface area contributed by atoms with Gasteiger partial charge in [0.1, 0.15) is 11.3 Å². The van der Waals surface area contributed by atoms with Crippen LogP contribution < -0.4 is 16.2 Å². The summed E-state index contributed by atoms with van der Waals surface area (Å²) >= 11 is 0. The summed E-state index contributed by atoms with van der Waals surface area (Å²) < 4.78 is 1.48. The van der Waals surface area contributed by atoms with Crippen LogP contribution >= 0.6 is 0 Å². The number of para-hydroxylation sites is 1. The summed E-state index contributed by atoms with van der Waals surface area (Å²) in [5.41, 5.74) is 5.57. The number of anilines is 2. The summed E-state index contributed by atoms with van der Waals surface area (Å²) in [6.45, 7) is 11.4. The quantitative estimate of drug-likeness (QED) is 0.228. The smallest absolute Gasteiger partial charge is 0.307 e. The van der Waals surface area contributed by atoms with Gasteiger partial charge in [-0.1, -0.05) is 76.3 Å². The number of urea groups is 1. The van der Waals surface area contributed by atoms with E-state index >= 15 is 0 Å². The lowest BCUT2D eigenvalue weighted by molar-refractivity contribution is 0.255. The van der Waals surface area contributed by atoms with Gasteiger partial charge < -0.3 is 10.6 Å². The monoisotopic (exact) mass is 579 g/mol. The van der Waals surface area contributed by atoms with Gasteiger partial charge in [0, 0.05) is 38.3 Å². The van der Waals surface area contributed by atoms with Crippen molar-refractivity contribution in [1.82, 2.24) is 14.5 Å². The molecule has 0 aliphatic carbocycles. The Labute approximate surface area is 257 Å². The van der Waals surface area contributed by atoms with E-state index in [4.69, 9.17) is 0 Å². The second-order valence-electron chi connectivity index (χ2n) is 11.9. The van der Waals surface area contributed by atoms with E-state index in [2.05, 4.69) is 60.1 Å². The number of nitrogens with zero attached hydrogens (tertiary/aromatic N) is 3. The number of fused-ring (bicyclic) bond motifs is 1. The average Bonchev–Trinajstić information content (AvgIpc) is 3.00. The number of carbonyl (C=O) groups excluding carboxylic acids is 1. The minimum Gasteiger partial charge on any atom is -0.307 e. The second-order valence-corrected chi connectivity index (χ2v) is 11.9. The number of nitrogens with one attached hydrogen (secondary N) is 2. The predicted molar refractivity (Wildman–Crippen MR) is 181 cm³/mol. The fourth-order valence-electron chi connectivity index (χ4n) is 5.86. The molecule has 0 spiro atoms. The number of likely N-dealkylation sites (tertiary alicyclic amines) is 1. The largest absolute Gasteiger partial charge is 0.323 e. The maximum Gasteiger partial charge on any atom is 0.323 e. The van der Waals surface area contributed by atoms with Gasteiger partial charge in [0.05, 0.1) is 6.54 Å². The summed E-state index contributed by atoms with van der Waals surface area (Å²) in [4.78, 5) is 34.3. The van der Waals surface area contributed by atoms with Gasteiger partial charge in [-0.15, -0.1) is 0 Å². The highest BCUT2D eigenvalue weighted by Gasteiger charge is 2.22. The molecule has 2 N–H and O–H groups in total.